The van der Waals surface area contributed by atoms with Gasteiger partial charge in [-0.05, 0) is 15.9 Å². The molecule has 0 amide bonds. The third-order valence-corrected chi connectivity index (χ3v) is 3.30. The number of hydrogen-bond acceptors (Lipinski definition) is 2. The van der Waals surface area contributed by atoms with Gasteiger partial charge in [0.2, 0.25) is 6.43 Å². The van der Waals surface area contributed by atoms with Crippen LogP contribution in [0.25, 0.3) is 5.82 Å². The second-order valence-electron chi connectivity index (χ2n) is 4.54. The Kier molecular flexibility index (Phi) is 4.48. The summed E-state index contributed by atoms with van der Waals surface area (Å²) < 4.78 is 92.2. The summed E-state index contributed by atoms with van der Waals surface area (Å²) in [5, 5.41) is 6.83. The van der Waals surface area contributed by atoms with Gasteiger partial charge in [0.1, 0.15) is 5.69 Å². The van der Waals surface area contributed by atoms with Crippen molar-refractivity contribution in [2.45, 2.75) is 24.9 Å². The second-order valence-corrected chi connectivity index (χ2v) is 5.46. The molecular formula is C11H8BrF7N4. The van der Waals surface area contributed by atoms with Crippen LogP contribution in [0, 0.1) is 0 Å². The standard InChI is InChI=1S/C11H8BrF7N4/c1-22-9(23-4-5(12)3-20-23)6(2-7(13)14)8(21-22)10(15,16)11(17,18)19/h3-4,7H,2H2,1H3. The van der Waals surface area contributed by atoms with Gasteiger partial charge in [-0.15, -0.1) is 0 Å². The molecule has 2 aromatic rings. The molecule has 2 aromatic heterocycles. The van der Waals surface area contributed by atoms with Crippen molar-refractivity contribution in [2.24, 2.45) is 7.05 Å². The predicted molar refractivity (Wildman–Crippen MR) is 67.7 cm³/mol. The molecule has 0 spiro atoms. The van der Waals surface area contributed by atoms with E-state index < -0.39 is 42.0 Å². The van der Waals surface area contributed by atoms with Crippen LogP contribution in [0.4, 0.5) is 30.7 Å². The number of alkyl halides is 7. The van der Waals surface area contributed by atoms with E-state index in [4.69, 9.17) is 0 Å². The van der Waals surface area contributed by atoms with Gasteiger partial charge in [-0.25, -0.2) is 13.5 Å². The van der Waals surface area contributed by atoms with Crippen molar-refractivity contribution < 1.29 is 30.7 Å². The van der Waals surface area contributed by atoms with Crippen LogP contribution in [0.5, 0.6) is 0 Å². The van der Waals surface area contributed by atoms with E-state index >= 15 is 0 Å². The number of aryl methyl sites for hydroxylation is 1. The molecule has 128 valence electrons. The SMILES string of the molecule is Cn1nc(C(F)(F)C(F)(F)F)c(CC(F)F)c1-n1cc(Br)cn1. The minimum absolute atomic E-state index is 0.380. The topological polar surface area (TPSA) is 35.6 Å². The van der Waals surface area contributed by atoms with Gasteiger partial charge in [-0.3, -0.25) is 4.68 Å². The van der Waals surface area contributed by atoms with Crippen LogP contribution in [0.3, 0.4) is 0 Å². The van der Waals surface area contributed by atoms with E-state index in [-0.39, 0.29) is 0 Å². The van der Waals surface area contributed by atoms with Gasteiger partial charge >= 0.3 is 12.1 Å². The fourth-order valence-corrected chi connectivity index (χ4v) is 2.28. The Morgan fingerprint density at radius 1 is 1.22 bits per heavy atom. The molecule has 2 rings (SSSR count). The fourth-order valence-electron chi connectivity index (χ4n) is 1.99. The normalized spacial score (nSPS) is 13.1. The van der Waals surface area contributed by atoms with E-state index in [0.717, 1.165) is 11.7 Å². The Morgan fingerprint density at radius 3 is 2.26 bits per heavy atom. The average Bonchev–Trinajstić information content (AvgIpc) is 2.91. The molecule has 0 saturated carbocycles. The van der Waals surface area contributed by atoms with Crippen LogP contribution in [-0.4, -0.2) is 32.2 Å². The first-order chi connectivity index (χ1) is 10.4. The van der Waals surface area contributed by atoms with Crippen molar-refractivity contribution in [1.29, 1.82) is 0 Å². The third-order valence-electron chi connectivity index (χ3n) is 2.89. The lowest BCUT2D eigenvalue weighted by atomic mass is 10.1. The third kappa shape index (κ3) is 3.21. The minimum atomic E-state index is -5.96. The smallest absolute Gasteiger partial charge is 0.250 e. The zero-order valence-corrected chi connectivity index (χ0v) is 12.8. The average molecular weight is 409 g/mol. The molecule has 12 heteroatoms. The molecule has 0 aromatic carbocycles. The highest BCUT2D eigenvalue weighted by Gasteiger charge is 2.62. The van der Waals surface area contributed by atoms with Crippen LogP contribution in [0.1, 0.15) is 11.3 Å². The Labute approximate surface area is 133 Å². The molecule has 23 heavy (non-hydrogen) atoms. The summed E-state index contributed by atoms with van der Waals surface area (Å²) >= 11 is 3.02. The van der Waals surface area contributed by atoms with Crippen LogP contribution < -0.4 is 0 Å². The molecule has 0 aliphatic rings. The zero-order valence-electron chi connectivity index (χ0n) is 11.3. The molecule has 0 atom stereocenters. The number of halogens is 8. The Balaban J connectivity index is 2.70. The molecule has 0 saturated heterocycles. The van der Waals surface area contributed by atoms with Crippen molar-refractivity contribution in [3.63, 3.8) is 0 Å². The first-order valence-electron chi connectivity index (χ1n) is 5.94. The molecule has 4 nitrogen and oxygen atoms in total. The highest BCUT2D eigenvalue weighted by Crippen LogP contribution is 2.45. The lowest BCUT2D eigenvalue weighted by molar-refractivity contribution is -0.291. The van der Waals surface area contributed by atoms with E-state index in [1.165, 1.54) is 12.4 Å². The number of hydrogen-bond donors (Lipinski definition) is 0. The van der Waals surface area contributed by atoms with E-state index in [0.29, 0.717) is 9.15 Å². The summed E-state index contributed by atoms with van der Waals surface area (Å²) in [7, 11) is 1.07. The highest BCUT2D eigenvalue weighted by molar-refractivity contribution is 9.10. The van der Waals surface area contributed by atoms with Crippen molar-refractivity contribution in [3.8, 4) is 5.82 Å². The van der Waals surface area contributed by atoms with Crippen LogP contribution in [0.2, 0.25) is 0 Å². The van der Waals surface area contributed by atoms with E-state index in [9.17, 15) is 30.7 Å². The van der Waals surface area contributed by atoms with Crippen LogP contribution in [0.15, 0.2) is 16.9 Å². The number of nitrogens with zero attached hydrogens (tertiary/aromatic N) is 4. The van der Waals surface area contributed by atoms with Crippen LogP contribution in [-0.2, 0) is 19.4 Å². The molecule has 0 radical (unpaired) electrons. The molecule has 0 N–H and O–H groups in total. The molecule has 0 aliphatic carbocycles. The van der Waals surface area contributed by atoms with Crippen molar-refractivity contribution >= 4 is 15.9 Å². The van der Waals surface area contributed by atoms with Crippen molar-refractivity contribution in [3.05, 3.63) is 28.1 Å². The summed E-state index contributed by atoms with van der Waals surface area (Å²) in [6.07, 6.45) is -7.97. The van der Waals surface area contributed by atoms with Gasteiger partial charge in [-0.1, -0.05) is 0 Å². The summed E-state index contributed by atoms with van der Waals surface area (Å²) in [6.45, 7) is 0. The predicted octanol–water partition coefficient (Wildman–Crippen LogP) is 3.83. The maximum absolute atomic E-state index is 13.6. The number of rotatable bonds is 4. The first-order valence-corrected chi connectivity index (χ1v) is 6.74. The molecule has 2 heterocycles. The maximum atomic E-state index is 13.6. The summed E-state index contributed by atoms with van der Waals surface area (Å²) in [5.41, 5.74) is -2.67. The monoisotopic (exact) mass is 408 g/mol. The van der Waals surface area contributed by atoms with E-state index in [2.05, 4.69) is 26.1 Å². The van der Waals surface area contributed by atoms with Crippen molar-refractivity contribution in [1.82, 2.24) is 19.6 Å². The lowest BCUT2D eigenvalue weighted by Gasteiger charge is -2.18. The van der Waals surface area contributed by atoms with Gasteiger partial charge in [0.15, 0.2) is 5.82 Å². The molecule has 0 bridgehead atoms. The molecule has 0 unspecified atom stereocenters. The fraction of sp³-hybridized carbons (Fsp3) is 0.455. The number of aromatic nitrogens is 4. The first kappa shape index (κ1) is 17.8. The molecule has 0 fully saturated rings. The summed E-state index contributed by atoms with van der Waals surface area (Å²) in [5.74, 6) is -5.76. The van der Waals surface area contributed by atoms with Gasteiger partial charge < -0.3 is 0 Å². The minimum Gasteiger partial charge on any atom is -0.250 e. The Bertz CT molecular complexity index is 704. The maximum Gasteiger partial charge on any atom is 0.459 e. The van der Waals surface area contributed by atoms with Gasteiger partial charge in [-0.2, -0.15) is 32.1 Å². The molecule has 0 aliphatic heterocycles. The van der Waals surface area contributed by atoms with Crippen LogP contribution >= 0.6 is 15.9 Å². The highest BCUT2D eigenvalue weighted by atomic mass is 79.9. The van der Waals surface area contributed by atoms with Gasteiger partial charge in [0, 0.05) is 25.2 Å². The lowest BCUT2D eigenvalue weighted by Crippen LogP contribution is -2.35. The van der Waals surface area contributed by atoms with Crippen molar-refractivity contribution in [2.75, 3.05) is 0 Å². The summed E-state index contributed by atoms with van der Waals surface area (Å²) in [4.78, 5) is 0. The zero-order chi connectivity index (χ0) is 17.6. The van der Waals surface area contributed by atoms with E-state index in [1.807, 2.05) is 0 Å². The van der Waals surface area contributed by atoms with Gasteiger partial charge in [0.05, 0.1) is 10.7 Å². The summed E-state index contributed by atoms with van der Waals surface area (Å²) in [6, 6.07) is 0. The van der Waals surface area contributed by atoms with E-state index in [1.54, 1.807) is 0 Å². The quantitative estimate of drug-likeness (QED) is 0.720. The second kappa shape index (κ2) is 5.80. The Hall–Kier alpha value is -1.59. The molecular weight excluding hydrogens is 401 g/mol. The Morgan fingerprint density at radius 2 is 1.83 bits per heavy atom. The van der Waals surface area contributed by atoms with Gasteiger partial charge in [0.25, 0.3) is 0 Å². The largest absolute Gasteiger partial charge is 0.459 e.